The van der Waals surface area contributed by atoms with Crippen LogP contribution in [0.2, 0.25) is 0 Å². The molecule has 4 aromatic heterocycles. The van der Waals surface area contributed by atoms with Gasteiger partial charge in [0.1, 0.15) is 17.2 Å². The molecule has 5 rings (SSSR count). The fraction of sp³-hybridized carbons (Fsp3) is 0.300. The van der Waals surface area contributed by atoms with Crippen LogP contribution in [0.15, 0.2) is 40.6 Å². The summed E-state index contributed by atoms with van der Waals surface area (Å²) in [6, 6.07) is 3.65. The molecule has 10 nitrogen and oxygen atoms in total. The maximum atomic E-state index is 5.71. The second-order valence-electron chi connectivity index (χ2n) is 7.01. The Hall–Kier alpha value is -3.60. The van der Waals surface area contributed by atoms with E-state index in [0.717, 1.165) is 41.7 Å². The summed E-state index contributed by atoms with van der Waals surface area (Å²) in [5, 5.41) is 10.1. The van der Waals surface area contributed by atoms with Crippen molar-refractivity contribution in [2.45, 2.75) is 25.8 Å². The number of methoxy groups -OCH3 is 1. The Morgan fingerprint density at radius 2 is 2.06 bits per heavy atom. The maximum absolute atomic E-state index is 5.71. The van der Waals surface area contributed by atoms with Gasteiger partial charge < -0.3 is 19.5 Å². The van der Waals surface area contributed by atoms with Gasteiger partial charge in [0.2, 0.25) is 11.8 Å². The van der Waals surface area contributed by atoms with Crippen molar-refractivity contribution in [1.29, 1.82) is 0 Å². The van der Waals surface area contributed by atoms with Crippen molar-refractivity contribution < 1.29 is 9.26 Å². The summed E-state index contributed by atoms with van der Waals surface area (Å²) >= 11 is 1.50. The lowest BCUT2D eigenvalue weighted by Crippen LogP contribution is -2.24. The predicted molar refractivity (Wildman–Crippen MR) is 116 cm³/mol. The van der Waals surface area contributed by atoms with E-state index in [0.29, 0.717) is 23.3 Å². The van der Waals surface area contributed by atoms with Crippen LogP contribution in [0, 0.1) is 6.92 Å². The zero-order chi connectivity index (χ0) is 21.2. The number of nitrogens with zero attached hydrogens (tertiary/aromatic N) is 7. The molecule has 0 saturated carbocycles. The van der Waals surface area contributed by atoms with Gasteiger partial charge in [0.15, 0.2) is 10.9 Å². The van der Waals surface area contributed by atoms with Gasteiger partial charge in [0, 0.05) is 42.6 Å². The van der Waals surface area contributed by atoms with Gasteiger partial charge in [-0.25, -0.2) is 4.98 Å². The Morgan fingerprint density at radius 1 is 1.16 bits per heavy atom. The summed E-state index contributed by atoms with van der Waals surface area (Å²) < 4.78 is 11.1. The fourth-order valence-corrected chi connectivity index (χ4v) is 4.16. The second kappa shape index (κ2) is 8.26. The van der Waals surface area contributed by atoms with Gasteiger partial charge in [-0.15, -0.1) is 11.3 Å². The van der Waals surface area contributed by atoms with E-state index < -0.39 is 0 Å². The highest BCUT2D eigenvalue weighted by Crippen LogP contribution is 2.37. The topological polar surface area (TPSA) is 115 Å². The largest absolute Gasteiger partial charge is 0.481 e. The van der Waals surface area contributed by atoms with Crippen LogP contribution in [-0.4, -0.2) is 43.7 Å². The number of ether oxygens (including phenoxy) is 1. The number of thiazole rings is 1. The number of anilines is 3. The third-order valence-electron chi connectivity index (χ3n) is 5.06. The third-order valence-corrected chi connectivity index (χ3v) is 5.75. The molecule has 0 aromatic carbocycles. The van der Waals surface area contributed by atoms with Gasteiger partial charge in [0.05, 0.1) is 18.8 Å². The van der Waals surface area contributed by atoms with E-state index >= 15 is 0 Å². The number of aryl methyl sites for hydroxylation is 1. The highest BCUT2D eigenvalue weighted by molar-refractivity contribution is 7.13. The van der Waals surface area contributed by atoms with Crippen molar-refractivity contribution in [3.05, 3.63) is 47.6 Å². The molecule has 0 radical (unpaired) electrons. The van der Waals surface area contributed by atoms with E-state index in [4.69, 9.17) is 14.2 Å². The van der Waals surface area contributed by atoms with Crippen LogP contribution in [-0.2, 0) is 0 Å². The molecule has 0 spiro atoms. The minimum Gasteiger partial charge on any atom is -0.481 e. The summed E-state index contributed by atoms with van der Waals surface area (Å²) in [7, 11) is 1.59. The normalized spacial score (nSPS) is 15.9. The van der Waals surface area contributed by atoms with Crippen molar-refractivity contribution in [1.82, 2.24) is 30.1 Å². The average molecular weight is 437 g/mol. The molecule has 1 N–H and O–H groups in total. The van der Waals surface area contributed by atoms with Crippen LogP contribution in [0.4, 0.5) is 16.9 Å². The van der Waals surface area contributed by atoms with Crippen molar-refractivity contribution in [2.75, 3.05) is 23.9 Å². The van der Waals surface area contributed by atoms with Crippen LogP contribution < -0.4 is 15.0 Å². The first-order valence-electron chi connectivity index (χ1n) is 9.82. The molecule has 31 heavy (non-hydrogen) atoms. The van der Waals surface area contributed by atoms with Gasteiger partial charge in [-0.05, 0) is 19.8 Å². The summed E-state index contributed by atoms with van der Waals surface area (Å²) in [6.07, 6.45) is 6.95. The molecule has 158 valence electrons. The molecule has 11 heteroatoms. The van der Waals surface area contributed by atoms with Crippen molar-refractivity contribution in [2.24, 2.45) is 0 Å². The molecule has 0 aliphatic carbocycles. The molecule has 1 aliphatic rings. The molecule has 1 saturated heterocycles. The smallest absolute Gasteiger partial charge is 0.231 e. The lowest BCUT2D eigenvalue weighted by molar-refractivity contribution is 0.361. The lowest BCUT2D eigenvalue weighted by Gasteiger charge is -2.23. The van der Waals surface area contributed by atoms with E-state index in [9.17, 15) is 0 Å². The summed E-state index contributed by atoms with van der Waals surface area (Å²) in [5.74, 6) is 2.41. The monoisotopic (exact) mass is 436 g/mol. The fourth-order valence-electron chi connectivity index (χ4n) is 3.62. The zero-order valence-electron chi connectivity index (χ0n) is 17.0. The Morgan fingerprint density at radius 3 is 2.87 bits per heavy atom. The van der Waals surface area contributed by atoms with Gasteiger partial charge in [-0.1, -0.05) is 5.16 Å². The Kier molecular flexibility index (Phi) is 5.16. The molecule has 5 heterocycles. The first-order chi connectivity index (χ1) is 15.2. The van der Waals surface area contributed by atoms with Gasteiger partial charge >= 0.3 is 0 Å². The van der Waals surface area contributed by atoms with Gasteiger partial charge in [-0.2, -0.15) is 9.97 Å². The van der Waals surface area contributed by atoms with Crippen LogP contribution in [0.1, 0.15) is 30.3 Å². The highest BCUT2D eigenvalue weighted by Gasteiger charge is 2.32. The molecule has 1 aliphatic heterocycles. The van der Waals surface area contributed by atoms with E-state index in [1.165, 1.54) is 11.3 Å². The summed E-state index contributed by atoms with van der Waals surface area (Å²) in [5.41, 5.74) is 2.19. The molecule has 0 unspecified atom stereocenters. The highest BCUT2D eigenvalue weighted by atomic mass is 32.1. The molecular weight excluding hydrogens is 416 g/mol. The average Bonchev–Trinajstić information content (AvgIpc) is 3.55. The maximum Gasteiger partial charge on any atom is 0.231 e. The number of aromatic nitrogens is 6. The van der Waals surface area contributed by atoms with Crippen molar-refractivity contribution >= 4 is 28.2 Å². The molecule has 0 bridgehead atoms. The van der Waals surface area contributed by atoms with Crippen LogP contribution in [0.25, 0.3) is 11.4 Å². The zero-order valence-corrected chi connectivity index (χ0v) is 17.8. The van der Waals surface area contributed by atoms with E-state index in [2.05, 4.69) is 35.3 Å². The van der Waals surface area contributed by atoms with Crippen LogP contribution in [0.3, 0.4) is 0 Å². The number of nitrogens with one attached hydrogen (secondary N) is 1. The lowest BCUT2D eigenvalue weighted by atomic mass is 10.1. The van der Waals surface area contributed by atoms with Crippen LogP contribution in [0.5, 0.6) is 5.88 Å². The molecule has 1 fully saturated rings. The Labute approximate surface area is 182 Å². The minimum atomic E-state index is -0.0296. The van der Waals surface area contributed by atoms with E-state index in [1.54, 1.807) is 31.8 Å². The molecule has 4 aromatic rings. The molecule has 1 atom stereocenters. The van der Waals surface area contributed by atoms with Gasteiger partial charge in [0.25, 0.3) is 0 Å². The Bertz CT molecular complexity index is 1180. The van der Waals surface area contributed by atoms with Gasteiger partial charge in [-0.3, -0.25) is 9.97 Å². The summed E-state index contributed by atoms with van der Waals surface area (Å²) in [4.78, 5) is 24.3. The SMILES string of the molecule is COc1cc(Nc2nccs2)nc(N2CCC[C@H]2c2cc(-c3nccnc3C)no2)n1. The minimum absolute atomic E-state index is 0.0296. The van der Waals surface area contributed by atoms with E-state index in [1.807, 2.05) is 18.4 Å². The predicted octanol–water partition coefficient (Wildman–Crippen LogP) is 3.78. The van der Waals surface area contributed by atoms with E-state index in [-0.39, 0.29) is 6.04 Å². The first-order valence-corrected chi connectivity index (χ1v) is 10.7. The Balaban J connectivity index is 1.45. The first kappa shape index (κ1) is 19.4. The second-order valence-corrected chi connectivity index (χ2v) is 7.91. The van der Waals surface area contributed by atoms with Crippen molar-refractivity contribution in [3.8, 4) is 17.3 Å². The number of hydrogen-bond donors (Lipinski definition) is 1. The quantitative estimate of drug-likeness (QED) is 0.479. The number of hydrogen-bond acceptors (Lipinski definition) is 11. The molecule has 0 amide bonds. The third kappa shape index (κ3) is 3.91. The van der Waals surface area contributed by atoms with Crippen molar-refractivity contribution in [3.63, 3.8) is 0 Å². The van der Waals surface area contributed by atoms with Crippen LogP contribution >= 0.6 is 11.3 Å². The number of rotatable bonds is 6. The standard InChI is InChI=1S/C20H20N8O2S/c1-12-18(22-6-5-21-12)13-10-15(30-27-13)14-4-3-8-28(14)19-24-16(11-17(26-19)29-2)25-20-23-7-9-31-20/h5-7,9-11,14H,3-4,8H2,1-2H3,(H,23,24,25,26)/t14-/m0/s1. The summed E-state index contributed by atoms with van der Waals surface area (Å²) in [6.45, 7) is 2.70. The molecular formula is C20H20N8O2S.